The van der Waals surface area contributed by atoms with Crippen molar-refractivity contribution in [3.05, 3.63) is 34.6 Å². The van der Waals surface area contributed by atoms with E-state index in [2.05, 4.69) is 20.8 Å². The number of nitrogens with zero attached hydrogens (tertiary/aromatic N) is 4. The van der Waals surface area contributed by atoms with Crippen molar-refractivity contribution in [3.63, 3.8) is 0 Å². The number of hydrogen-bond donors (Lipinski definition) is 1. The van der Waals surface area contributed by atoms with Crippen molar-refractivity contribution in [3.8, 4) is 5.69 Å². The van der Waals surface area contributed by atoms with Gasteiger partial charge < -0.3 is 5.32 Å². The van der Waals surface area contributed by atoms with Gasteiger partial charge in [-0.25, -0.2) is 0 Å². The molecule has 84 valence electrons. The summed E-state index contributed by atoms with van der Waals surface area (Å²) in [5.41, 5.74) is 1.98. The maximum Gasteiger partial charge on any atom is 0.170 e. The van der Waals surface area contributed by atoms with Crippen LogP contribution in [0.1, 0.15) is 11.4 Å². The summed E-state index contributed by atoms with van der Waals surface area (Å²) >= 11 is 5.97. The van der Waals surface area contributed by atoms with Gasteiger partial charge in [0.05, 0.1) is 12.2 Å². The Morgan fingerprint density at radius 1 is 1.44 bits per heavy atom. The van der Waals surface area contributed by atoms with E-state index in [4.69, 9.17) is 11.6 Å². The molecule has 1 aromatic carbocycles. The number of aromatic nitrogens is 4. The summed E-state index contributed by atoms with van der Waals surface area (Å²) in [6.45, 7) is 2.61. The van der Waals surface area contributed by atoms with E-state index < -0.39 is 0 Å². The SMILES string of the molecule is CNCc1nnnn1-c1cc(Cl)ccc1C. The van der Waals surface area contributed by atoms with Crippen molar-refractivity contribution >= 4 is 11.6 Å². The first-order valence-electron chi connectivity index (χ1n) is 4.90. The third-order valence-electron chi connectivity index (χ3n) is 2.27. The van der Waals surface area contributed by atoms with E-state index in [1.807, 2.05) is 32.2 Å². The zero-order valence-electron chi connectivity index (χ0n) is 9.11. The molecule has 0 radical (unpaired) electrons. The normalized spacial score (nSPS) is 10.7. The molecule has 0 amide bonds. The number of benzene rings is 1. The lowest BCUT2D eigenvalue weighted by Gasteiger charge is -2.07. The first kappa shape index (κ1) is 11.0. The van der Waals surface area contributed by atoms with E-state index in [9.17, 15) is 0 Å². The molecule has 0 aliphatic heterocycles. The molecule has 0 unspecified atom stereocenters. The van der Waals surface area contributed by atoms with Crippen molar-refractivity contribution in [2.24, 2.45) is 0 Å². The predicted molar refractivity (Wildman–Crippen MR) is 61.7 cm³/mol. The minimum Gasteiger partial charge on any atom is -0.313 e. The van der Waals surface area contributed by atoms with Crippen molar-refractivity contribution in [1.82, 2.24) is 25.5 Å². The molecule has 0 aliphatic carbocycles. The summed E-state index contributed by atoms with van der Waals surface area (Å²) in [6, 6.07) is 5.65. The molecule has 6 heteroatoms. The highest BCUT2D eigenvalue weighted by Gasteiger charge is 2.09. The Kier molecular flexibility index (Phi) is 3.17. The average molecular weight is 238 g/mol. The molecule has 1 heterocycles. The first-order chi connectivity index (χ1) is 7.72. The van der Waals surface area contributed by atoms with E-state index in [1.54, 1.807) is 4.68 Å². The molecule has 5 nitrogen and oxygen atoms in total. The Bertz CT molecular complexity index is 494. The van der Waals surface area contributed by atoms with Gasteiger partial charge in [0.25, 0.3) is 0 Å². The van der Waals surface area contributed by atoms with Crippen LogP contribution in [0.2, 0.25) is 5.02 Å². The molecule has 0 saturated carbocycles. The van der Waals surface area contributed by atoms with Gasteiger partial charge in [0.2, 0.25) is 0 Å². The number of rotatable bonds is 3. The second kappa shape index (κ2) is 4.59. The molecule has 0 spiro atoms. The Labute approximate surface area is 98.4 Å². The molecule has 16 heavy (non-hydrogen) atoms. The van der Waals surface area contributed by atoms with Gasteiger partial charge in [-0.05, 0) is 42.1 Å². The molecular formula is C10H12ClN5. The highest BCUT2D eigenvalue weighted by Crippen LogP contribution is 2.19. The minimum atomic E-state index is 0.610. The fourth-order valence-corrected chi connectivity index (χ4v) is 1.64. The Balaban J connectivity index is 2.49. The largest absolute Gasteiger partial charge is 0.313 e. The van der Waals surface area contributed by atoms with Crippen LogP contribution in [0.15, 0.2) is 18.2 Å². The van der Waals surface area contributed by atoms with Crippen LogP contribution in [0.5, 0.6) is 0 Å². The summed E-state index contributed by atoms with van der Waals surface area (Å²) in [5, 5.41) is 15.3. The lowest BCUT2D eigenvalue weighted by Crippen LogP contribution is -2.12. The molecule has 0 bridgehead atoms. The number of halogens is 1. The molecule has 0 atom stereocenters. The van der Waals surface area contributed by atoms with Crippen LogP contribution in [0.3, 0.4) is 0 Å². The van der Waals surface area contributed by atoms with Gasteiger partial charge in [-0.2, -0.15) is 4.68 Å². The van der Waals surface area contributed by atoms with Gasteiger partial charge in [0, 0.05) is 5.02 Å². The number of nitrogens with one attached hydrogen (secondary N) is 1. The van der Waals surface area contributed by atoms with E-state index in [1.165, 1.54) is 0 Å². The van der Waals surface area contributed by atoms with Gasteiger partial charge in [0.15, 0.2) is 5.82 Å². The second-order valence-electron chi connectivity index (χ2n) is 3.47. The first-order valence-corrected chi connectivity index (χ1v) is 5.28. The van der Waals surface area contributed by atoms with Crippen molar-refractivity contribution in [2.45, 2.75) is 13.5 Å². The van der Waals surface area contributed by atoms with Gasteiger partial charge in [0.1, 0.15) is 0 Å². The zero-order chi connectivity index (χ0) is 11.5. The summed E-state index contributed by atoms with van der Waals surface area (Å²) in [7, 11) is 1.85. The van der Waals surface area contributed by atoms with Gasteiger partial charge in [-0.1, -0.05) is 17.7 Å². The Morgan fingerprint density at radius 2 is 2.25 bits per heavy atom. The molecule has 1 aromatic heterocycles. The van der Waals surface area contributed by atoms with E-state index in [0.29, 0.717) is 11.6 Å². The van der Waals surface area contributed by atoms with Crippen LogP contribution in [0, 0.1) is 6.92 Å². The van der Waals surface area contributed by atoms with E-state index >= 15 is 0 Å². The predicted octanol–water partition coefficient (Wildman–Crippen LogP) is 1.34. The maximum atomic E-state index is 5.97. The summed E-state index contributed by atoms with van der Waals surface area (Å²) in [5.74, 6) is 0.757. The molecule has 0 saturated heterocycles. The van der Waals surface area contributed by atoms with Crippen molar-refractivity contribution < 1.29 is 0 Å². The Morgan fingerprint density at radius 3 is 3.00 bits per heavy atom. The smallest absolute Gasteiger partial charge is 0.170 e. The van der Waals surface area contributed by atoms with Crippen LogP contribution in [-0.2, 0) is 6.54 Å². The maximum absolute atomic E-state index is 5.97. The van der Waals surface area contributed by atoms with E-state index in [0.717, 1.165) is 17.1 Å². The third kappa shape index (κ3) is 2.05. The molecule has 2 aromatic rings. The summed E-state index contributed by atoms with van der Waals surface area (Å²) in [4.78, 5) is 0. The third-order valence-corrected chi connectivity index (χ3v) is 2.50. The topological polar surface area (TPSA) is 55.6 Å². The number of tetrazole rings is 1. The van der Waals surface area contributed by atoms with Crippen LogP contribution in [-0.4, -0.2) is 27.3 Å². The summed E-state index contributed by atoms with van der Waals surface area (Å²) in [6.07, 6.45) is 0. The highest BCUT2D eigenvalue weighted by atomic mass is 35.5. The molecule has 0 fully saturated rings. The standard InChI is InChI=1S/C10H12ClN5/c1-7-3-4-8(11)5-9(7)16-10(6-12-2)13-14-15-16/h3-5,12H,6H2,1-2H3. The highest BCUT2D eigenvalue weighted by molar-refractivity contribution is 6.30. The second-order valence-corrected chi connectivity index (χ2v) is 3.90. The molecule has 2 rings (SSSR count). The van der Waals surface area contributed by atoms with E-state index in [-0.39, 0.29) is 0 Å². The lowest BCUT2D eigenvalue weighted by atomic mass is 10.2. The average Bonchev–Trinajstić information content (AvgIpc) is 2.70. The Hall–Kier alpha value is -1.46. The fourth-order valence-electron chi connectivity index (χ4n) is 1.47. The van der Waals surface area contributed by atoms with Crippen LogP contribution >= 0.6 is 11.6 Å². The van der Waals surface area contributed by atoms with Gasteiger partial charge in [-0.3, -0.25) is 0 Å². The molecule has 1 N–H and O–H groups in total. The monoisotopic (exact) mass is 237 g/mol. The van der Waals surface area contributed by atoms with Gasteiger partial charge >= 0.3 is 0 Å². The van der Waals surface area contributed by atoms with Crippen LogP contribution < -0.4 is 5.32 Å². The van der Waals surface area contributed by atoms with Crippen LogP contribution in [0.4, 0.5) is 0 Å². The van der Waals surface area contributed by atoms with Crippen LogP contribution in [0.25, 0.3) is 5.69 Å². The minimum absolute atomic E-state index is 0.610. The zero-order valence-corrected chi connectivity index (χ0v) is 9.86. The van der Waals surface area contributed by atoms with Gasteiger partial charge in [-0.15, -0.1) is 5.10 Å². The number of aryl methyl sites for hydroxylation is 1. The quantitative estimate of drug-likeness (QED) is 0.876. The molecular weight excluding hydrogens is 226 g/mol. The molecule has 0 aliphatic rings. The summed E-state index contributed by atoms with van der Waals surface area (Å²) < 4.78 is 1.69. The number of hydrogen-bond acceptors (Lipinski definition) is 4. The lowest BCUT2D eigenvalue weighted by molar-refractivity contribution is 0.707. The van der Waals surface area contributed by atoms with Crippen molar-refractivity contribution in [2.75, 3.05) is 7.05 Å². The van der Waals surface area contributed by atoms with Crippen molar-refractivity contribution in [1.29, 1.82) is 0 Å². The fraction of sp³-hybridized carbons (Fsp3) is 0.300.